The second-order valence-electron chi connectivity index (χ2n) is 3.22. The van der Waals surface area contributed by atoms with Crippen LogP contribution in [0.4, 0.5) is 0 Å². The quantitative estimate of drug-likeness (QED) is 0.219. The molecule has 0 aliphatic carbocycles. The lowest BCUT2D eigenvalue weighted by Crippen LogP contribution is -2.21. The van der Waals surface area contributed by atoms with Gasteiger partial charge in [0.25, 0.3) is 0 Å². The van der Waals surface area contributed by atoms with Gasteiger partial charge in [-0.05, 0) is 0 Å². The van der Waals surface area contributed by atoms with E-state index in [9.17, 15) is 14.4 Å². The van der Waals surface area contributed by atoms with Gasteiger partial charge in [0.15, 0.2) is 11.5 Å². The van der Waals surface area contributed by atoms with Crippen LogP contribution in [0.2, 0.25) is 0 Å². The molecule has 0 aromatic carbocycles. The Hall–Kier alpha value is -1.98. The first-order valence-electron chi connectivity index (χ1n) is 4.50. The van der Waals surface area contributed by atoms with E-state index in [4.69, 9.17) is 0 Å². The lowest BCUT2D eigenvalue weighted by molar-refractivity contribution is -0.140. The van der Waals surface area contributed by atoms with Gasteiger partial charge in [-0.2, -0.15) is 0 Å². The normalized spacial score (nSPS) is 11.4. The first-order chi connectivity index (χ1) is 7.34. The largest absolute Gasteiger partial charge is 0.383 e. The third-order valence-electron chi connectivity index (χ3n) is 1.36. The van der Waals surface area contributed by atoms with Crippen LogP contribution in [0.15, 0.2) is 17.4 Å². The molecule has 6 nitrogen and oxygen atoms in total. The summed E-state index contributed by atoms with van der Waals surface area (Å²) in [4.78, 5) is 38.9. The Balaban J connectivity index is 4.80. The molecule has 0 saturated heterocycles. The van der Waals surface area contributed by atoms with Gasteiger partial charge in [0.2, 0.25) is 5.78 Å². The number of oxime groups is 1. The van der Waals surface area contributed by atoms with Crippen molar-refractivity contribution in [1.82, 2.24) is 4.90 Å². The predicted molar refractivity (Wildman–Crippen MR) is 57.7 cm³/mol. The van der Waals surface area contributed by atoms with E-state index in [2.05, 4.69) is 9.99 Å². The highest BCUT2D eigenvalue weighted by atomic mass is 16.7. The Kier molecular flexibility index (Phi) is 5.69. The van der Waals surface area contributed by atoms with Crippen molar-refractivity contribution in [3.63, 3.8) is 0 Å². The van der Waals surface area contributed by atoms with Crippen molar-refractivity contribution in [2.24, 2.45) is 5.16 Å². The third-order valence-corrected chi connectivity index (χ3v) is 1.36. The molecule has 0 rings (SSSR count). The maximum Gasteiger partial charge on any atom is 0.332 e. The van der Waals surface area contributed by atoms with E-state index in [1.54, 1.807) is 19.0 Å². The number of allylic oxidation sites excluding steroid dienone is 1. The highest BCUT2D eigenvalue weighted by Crippen LogP contribution is 1.91. The van der Waals surface area contributed by atoms with Crippen molar-refractivity contribution >= 4 is 23.2 Å². The zero-order chi connectivity index (χ0) is 12.7. The molecule has 16 heavy (non-hydrogen) atoms. The fraction of sp³-hybridized carbons (Fsp3) is 0.400. The first-order valence-corrected chi connectivity index (χ1v) is 4.50. The smallest absolute Gasteiger partial charge is 0.332 e. The van der Waals surface area contributed by atoms with Crippen molar-refractivity contribution in [1.29, 1.82) is 0 Å². The van der Waals surface area contributed by atoms with Gasteiger partial charge in [0.1, 0.15) is 0 Å². The second kappa shape index (κ2) is 6.49. The van der Waals surface area contributed by atoms with E-state index < -0.39 is 23.2 Å². The average Bonchev–Trinajstić information content (AvgIpc) is 2.13. The Morgan fingerprint density at radius 3 is 2.12 bits per heavy atom. The molecular formula is C10H14N2O4. The highest BCUT2D eigenvalue weighted by Gasteiger charge is 2.15. The summed E-state index contributed by atoms with van der Waals surface area (Å²) < 4.78 is 0. The lowest BCUT2D eigenvalue weighted by atomic mass is 10.2. The molecule has 0 aromatic rings. The van der Waals surface area contributed by atoms with Crippen LogP contribution < -0.4 is 0 Å². The molecule has 0 aliphatic rings. The SMILES string of the molecule is CC(=O)O/N=C(\C(C)=O)C(=O)/C=C/N(C)C. The fourth-order valence-electron chi connectivity index (χ4n) is 0.688. The molecule has 6 heteroatoms. The maximum absolute atomic E-state index is 11.4. The molecule has 0 radical (unpaired) electrons. The standard InChI is InChI=1S/C10H14N2O4/c1-7(13)10(11-16-8(2)14)9(15)5-6-12(3)4/h5-6H,1-4H3/b6-5+,11-10+. The van der Waals surface area contributed by atoms with E-state index in [0.717, 1.165) is 6.92 Å². The number of ketones is 2. The van der Waals surface area contributed by atoms with Crippen molar-refractivity contribution in [2.75, 3.05) is 14.1 Å². The van der Waals surface area contributed by atoms with Gasteiger partial charge < -0.3 is 9.74 Å². The molecule has 0 amide bonds. The zero-order valence-corrected chi connectivity index (χ0v) is 9.68. The van der Waals surface area contributed by atoms with Crippen LogP contribution in [0, 0.1) is 0 Å². The van der Waals surface area contributed by atoms with Crippen LogP contribution >= 0.6 is 0 Å². The molecule has 0 fully saturated rings. The molecule has 88 valence electrons. The zero-order valence-electron chi connectivity index (χ0n) is 9.68. The van der Waals surface area contributed by atoms with E-state index in [0.29, 0.717) is 0 Å². The Bertz CT molecular complexity index is 356. The summed E-state index contributed by atoms with van der Waals surface area (Å²) in [7, 11) is 3.45. The summed E-state index contributed by atoms with van der Waals surface area (Å²) in [5.74, 6) is -1.86. The molecule has 0 N–H and O–H groups in total. The maximum atomic E-state index is 11.4. The minimum atomic E-state index is -0.692. The van der Waals surface area contributed by atoms with Crippen molar-refractivity contribution in [3.8, 4) is 0 Å². The van der Waals surface area contributed by atoms with Crippen LogP contribution in [0.1, 0.15) is 13.8 Å². The molecule has 0 atom stereocenters. The highest BCUT2D eigenvalue weighted by molar-refractivity contribution is 6.67. The summed E-state index contributed by atoms with van der Waals surface area (Å²) in [5.41, 5.74) is -0.409. The van der Waals surface area contributed by atoms with E-state index >= 15 is 0 Å². The number of hydrogen-bond acceptors (Lipinski definition) is 6. The molecule has 0 heterocycles. The average molecular weight is 226 g/mol. The van der Waals surface area contributed by atoms with E-state index in [-0.39, 0.29) is 0 Å². The van der Waals surface area contributed by atoms with Crippen LogP contribution in [-0.2, 0) is 19.2 Å². The number of hydrogen-bond donors (Lipinski definition) is 0. The fourth-order valence-corrected chi connectivity index (χ4v) is 0.688. The van der Waals surface area contributed by atoms with E-state index in [1.807, 2.05) is 0 Å². The summed E-state index contributed by atoms with van der Waals surface area (Å²) >= 11 is 0. The Morgan fingerprint density at radius 1 is 1.19 bits per heavy atom. The second-order valence-corrected chi connectivity index (χ2v) is 3.22. The number of carbonyl (C=O) groups is 3. The summed E-state index contributed by atoms with van der Waals surface area (Å²) in [6.45, 7) is 2.30. The number of nitrogens with zero attached hydrogens (tertiary/aromatic N) is 2. The van der Waals surface area contributed by atoms with Gasteiger partial charge in [-0.1, -0.05) is 5.16 Å². The van der Waals surface area contributed by atoms with Crippen LogP contribution in [-0.4, -0.2) is 42.2 Å². The number of rotatable bonds is 5. The summed E-state index contributed by atoms with van der Waals surface area (Å²) in [5, 5.41) is 3.20. The molecule has 0 unspecified atom stereocenters. The Labute approximate surface area is 93.5 Å². The summed E-state index contributed by atoms with van der Waals surface area (Å²) in [6.07, 6.45) is 2.64. The third kappa shape index (κ3) is 5.69. The van der Waals surface area contributed by atoms with Gasteiger partial charge in [-0.25, -0.2) is 4.79 Å². The molecular weight excluding hydrogens is 212 g/mol. The topological polar surface area (TPSA) is 76.0 Å². The van der Waals surface area contributed by atoms with Gasteiger partial charge in [0, 0.05) is 40.2 Å². The Morgan fingerprint density at radius 2 is 1.75 bits per heavy atom. The van der Waals surface area contributed by atoms with Crippen molar-refractivity contribution in [2.45, 2.75) is 13.8 Å². The predicted octanol–water partition coefficient (Wildman–Crippen LogP) is 0.139. The van der Waals surface area contributed by atoms with Gasteiger partial charge in [0.05, 0.1) is 0 Å². The van der Waals surface area contributed by atoms with Gasteiger partial charge >= 0.3 is 5.97 Å². The van der Waals surface area contributed by atoms with Gasteiger partial charge in [-0.3, -0.25) is 9.59 Å². The summed E-state index contributed by atoms with van der Waals surface area (Å²) in [6, 6.07) is 0. The number of carbonyl (C=O) groups excluding carboxylic acids is 3. The van der Waals surface area contributed by atoms with Crippen LogP contribution in [0.25, 0.3) is 0 Å². The van der Waals surface area contributed by atoms with Crippen LogP contribution in [0.5, 0.6) is 0 Å². The van der Waals surface area contributed by atoms with E-state index in [1.165, 1.54) is 19.2 Å². The molecule has 0 bridgehead atoms. The molecule has 0 spiro atoms. The number of Topliss-reactive ketones (excluding diaryl/α,β-unsaturated/α-hetero) is 1. The van der Waals surface area contributed by atoms with Crippen LogP contribution in [0.3, 0.4) is 0 Å². The van der Waals surface area contributed by atoms with Gasteiger partial charge in [-0.15, -0.1) is 0 Å². The monoisotopic (exact) mass is 226 g/mol. The molecule has 0 saturated carbocycles. The van der Waals surface area contributed by atoms with Crippen molar-refractivity contribution < 1.29 is 19.2 Å². The molecule has 0 aliphatic heterocycles. The lowest BCUT2D eigenvalue weighted by Gasteiger charge is -2.02. The minimum Gasteiger partial charge on any atom is -0.383 e. The first kappa shape index (κ1) is 14.0. The molecule has 0 aromatic heterocycles. The van der Waals surface area contributed by atoms with Crippen molar-refractivity contribution in [3.05, 3.63) is 12.3 Å². The minimum absolute atomic E-state index is 0.409.